The highest BCUT2D eigenvalue weighted by Crippen LogP contribution is 2.18. The first-order valence-electron chi connectivity index (χ1n) is 3.85. The average Bonchev–Trinajstić information content (AvgIpc) is 2.27. The minimum absolute atomic E-state index is 0.0938. The predicted molar refractivity (Wildman–Crippen MR) is 50.9 cm³/mol. The van der Waals surface area contributed by atoms with Gasteiger partial charge in [0, 0.05) is 17.1 Å². The number of hydrazine groups is 1. The summed E-state index contributed by atoms with van der Waals surface area (Å²) in [5.74, 6) is 0. The third-order valence-corrected chi connectivity index (χ3v) is 1.76. The monoisotopic (exact) mass is 211 g/mol. The van der Waals surface area contributed by atoms with Gasteiger partial charge in [-0.1, -0.05) is 0 Å². The summed E-state index contributed by atoms with van der Waals surface area (Å²) in [5, 5.41) is 34.0. The molecule has 0 unspecified atom stereocenters. The van der Waals surface area contributed by atoms with Crippen LogP contribution in [-0.4, -0.2) is 16.9 Å². The van der Waals surface area contributed by atoms with Crippen LogP contribution in [0.4, 0.5) is 11.4 Å². The highest BCUT2D eigenvalue weighted by atomic mass is 16.6. The Hall–Kier alpha value is -2.38. The van der Waals surface area contributed by atoms with Gasteiger partial charge in [-0.15, -0.1) is 5.01 Å². The highest BCUT2D eigenvalue weighted by Gasteiger charge is 2.10. The van der Waals surface area contributed by atoms with E-state index in [2.05, 4.69) is 5.28 Å². The fourth-order valence-corrected chi connectivity index (χ4v) is 0.944. The van der Waals surface area contributed by atoms with Gasteiger partial charge in [0.15, 0.2) is 0 Å². The predicted octanol–water partition coefficient (Wildman–Crippen LogP) is 1.41. The van der Waals surface area contributed by atoms with Crippen molar-refractivity contribution in [3.63, 3.8) is 0 Å². The van der Waals surface area contributed by atoms with E-state index in [1.165, 1.54) is 31.3 Å². The Morgan fingerprint density at radius 1 is 1.27 bits per heavy atom. The van der Waals surface area contributed by atoms with Gasteiger partial charge in [-0.05, 0) is 17.4 Å². The molecular weight excluding hydrogens is 204 g/mol. The van der Waals surface area contributed by atoms with Crippen molar-refractivity contribution in [1.29, 1.82) is 0 Å². The lowest BCUT2D eigenvalue weighted by molar-refractivity contribution is -0.535. The van der Waals surface area contributed by atoms with Crippen LogP contribution in [0.5, 0.6) is 0 Å². The third kappa shape index (κ3) is 2.30. The summed E-state index contributed by atoms with van der Waals surface area (Å²) in [6.45, 7) is 0. The SMILES string of the molecule is CN(c1ccc([N+](=O)[O-])cc1)/[N+]([O-])=N/[O-]. The Balaban J connectivity index is 2.94. The van der Waals surface area contributed by atoms with Gasteiger partial charge < -0.3 is 10.4 Å². The zero-order valence-corrected chi connectivity index (χ0v) is 7.73. The van der Waals surface area contributed by atoms with Crippen molar-refractivity contribution in [2.75, 3.05) is 12.1 Å². The summed E-state index contributed by atoms with van der Waals surface area (Å²) in [4.78, 5) is 9.60. The van der Waals surface area contributed by atoms with E-state index in [0.29, 0.717) is 5.69 Å². The molecule has 0 radical (unpaired) electrons. The van der Waals surface area contributed by atoms with Crippen LogP contribution >= 0.6 is 0 Å². The fourth-order valence-electron chi connectivity index (χ4n) is 0.944. The number of hydrogen-bond acceptors (Lipinski definition) is 5. The van der Waals surface area contributed by atoms with E-state index in [0.717, 1.165) is 5.01 Å². The standard InChI is InChI=1S/C7H8N4O4/c1-9(11(15)8-12)6-2-4-7(5-3-6)10(13)14/h2-5,12H,1H3/p-1/b11-8-. The number of nitrogens with zero attached hydrogens (tertiary/aromatic N) is 4. The molecule has 0 saturated heterocycles. The fraction of sp³-hybridized carbons (Fsp3) is 0.143. The minimum atomic E-state index is -0.559. The van der Waals surface area contributed by atoms with Gasteiger partial charge in [0.1, 0.15) is 5.69 Å². The molecule has 0 fully saturated rings. The Labute approximate surface area is 84.3 Å². The number of nitro benzene ring substituents is 1. The van der Waals surface area contributed by atoms with E-state index in [9.17, 15) is 20.5 Å². The topological polar surface area (TPSA) is 108 Å². The summed E-state index contributed by atoms with van der Waals surface area (Å²) in [6.07, 6.45) is 0. The quantitative estimate of drug-likeness (QED) is 0.325. The van der Waals surface area contributed by atoms with Crippen molar-refractivity contribution >= 4 is 11.4 Å². The maximum Gasteiger partial charge on any atom is 0.269 e. The van der Waals surface area contributed by atoms with Crippen LogP contribution in [0.25, 0.3) is 0 Å². The van der Waals surface area contributed by atoms with E-state index in [4.69, 9.17) is 0 Å². The van der Waals surface area contributed by atoms with Gasteiger partial charge in [0.05, 0.1) is 12.0 Å². The highest BCUT2D eigenvalue weighted by molar-refractivity contribution is 5.48. The number of non-ortho nitro benzene ring substituents is 1. The molecule has 0 heterocycles. The second kappa shape index (κ2) is 4.22. The van der Waals surface area contributed by atoms with E-state index in [1.807, 2.05) is 0 Å². The normalized spacial score (nSPS) is 11.1. The lowest BCUT2D eigenvalue weighted by Gasteiger charge is -2.13. The molecule has 0 aromatic heterocycles. The molecule has 1 aromatic rings. The van der Waals surface area contributed by atoms with Crippen molar-refractivity contribution in [2.24, 2.45) is 5.28 Å². The number of anilines is 1. The van der Waals surface area contributed by atoms with Crippen molar-refractivity contribution in [3.05, 3.63) is 44.8 Å². The molecule has 0 aliphatic carbocycles. The van der Waals surface area contributed by atoms with Crippen LogP contribution in [-0.2, 0) is 0 Å². The number of hydrogen-bond donors (Lipinski definition) is 0. The largest absolute Gasteiger partial charge is 0.737 e. The van der Waals surface area contributed by atoms with Crippen LogP contribution in [0.1, 0.15) is 0 Å². The van der Waals surface area contributed by atoms with E-state index < -0.39 is 4.92 Å². The molecule has 0 N–H and O–H groups in total. The van der Waals surface area contributed by atoms with Crippen LogP contribution in [0, 0.1) is 20.5 Å². The zero-order valence-electron chi connectivity index (χ0n) is 7.73. The summed E-state index contributed by atoms with van der Waals surface area (Å²) in [6, 6.07) is 5.14. The molecule has 8 heteroatoms. The Morgan fingerprint density at radius 2 is 1.80 bits per heavy atom. The lowest BCUT2D eigenvalue weighted by atomic mass is 10.3. The molecule has 0 aliphatic heterocycles. The molecule has 1 rings (SSSR count). The maximum absolute atomic E-state index is 10.8. The van der Waals surface area contributed by atoms with Crippen LogP contribution in [0.3, 0.4) is 0 Å². The van der Waals surface area contributed by atoms with Crippen LogP contribution < -0.4 is 5.01 Å². The van der Waals surface area contributed by atoms with Gasteiger partial charge in [0.25, 0.3) is 5.69 Å². The molecule has 8 nitrogen and oxygen atoms in total. The number of nitro groups is 1. The second-order valence-electron chi connectivity index (χ2n) is 2.63. The van der Waals surface area contributed by atoms with E-state index in [1.54, 1.807) is 0 Å². The molecule has 0 bridgehead atoms. The first-order chi connectivity index (χ1) is 7.06. The van der Waals surface area contributed by atoms with Gasteiger partial charge in [0.2, 0.25) is 0 Å². The second-order valence-corrected chi connectivity index (χ2v) is 2.63. The van der Waals surface area contributed by atoms with Crippen molar-refractivity contribution in [1.82, 2.24) is 0 Å². The first kappa shape index (κ1) is 10.7. The van der Waals surface area contributed by atoms with Crippen molar-refractivity contribution in [3.8, 4) is 0 Å². The van der Waals surface area contributed by atoms with Gasteiger partial charge >= 0.3 is 0 Å². The molecule has 0 amide bonds. The summed E-state index contributed by atoms with van der Waals surface area (Å²) in [7, 11) is 1.32. The zero-order chi connectivity index (χ0) is 11.4. The van der Waals surface area contributed by atoms with Crippen LogP contribution in [0.2, 0.25) is 0 Å². The lowest BCUT2D eigenvalue weighted by Crippen LogP contribution is -2.24. The molecule has 15 heavy (non-hydrogen) atoms. The van der Waals surface area contributed by atoms with Crippen molar-refractivity contribution in [2.45, 2.75) is 0 Å². The Bertz CT molecular complexity index is 388. The van der Waals surface area contributed by atoms with Gasteiger partial charge in [-0.25, -0.2) is 0 Å². The molecule has 0 atom stereocenters. The number of benzene rings is 1. The molecule has 0 saturated carbocycles. The first-order valence-corrected chi connectivity index (χ1v) is 3.85. The Morgan fingerprint density at radius 3 is 2.20 bits per heavy atom. The van der Waals surface area contributed by atoms with Gasteiger partial charge in [-0.2, -0.15) is 0 Å². The molecule has 1 aromatic carbocycles. The number of rotatable bonds is 3. The third-order valence-electron chi connectivity index (χ3n) is 1.76. The average molecular weight is 211 g/mol. The summed E-state index contributed by atoms with van der Waals surface area (Å²) < 4.78 is 0. The van der Waals surface area contributed by atoms with E-state index >= 15 is 0 Å². The van der Waals surface area contributed by atoms with Gasteiger partial charge in [-0.3, -0.25) is 10.1 Å². The van der Waals surface area contributed by atoms with Crippen molar-refractivity contribution < 1.29 is 9.89 Å². The molecule has 0 aliphatic rings. The maximum atomic E-state index is 10.8. The Kier molecular flexibility index (Phi) is 3.01. The smallest absolute Gasteiger partial charge is 0.269 e. The van der Waals surface area contributed by atoms with E-state index in [-0.39, 0.29) is 10.7 Å². The summed E-state index contributed by atoms with van der Waals surface area (Å²) >= 11 is 0. The molecular formula is C7H7N4O4-. The minimum Gasteiger partial charge on any atom is -0.737 e. The van der Waals surface area contributed by atoms with Crippen LogP contribution in [0.15, 0.2) is 29.5 Å². The molecule has 0 spiro atoms. The molecule has 80 valence electrons. The summed E-state index contributed by atoms with van der Waals surface area (Å²) in [5.41, 5.74) is 0.235.